The maximum atomic E-state index is 5.44. The van der Waals surface area contributed by atoms with Crippen molar-refractivity contribution in [1.82, 2.24) is 4.98 Å². The van der Waals surface area contributed by atoms with E-state index in [1.807, 2.05) is 0 Å². The predicted molar refractivity (Wildman–Crippen MR) is 100 cm³/mol. The highest BCUT2D eigenvalue weighted by Gasteiger charge is 2.28. The molecule has 1 aliphatic heterocycles. The molecule has 0 spiro atoms. The van der Waals surface area contributed by atoms with Crippen molar-refractivity contribution in [3.8, 4) is 0 Å². The summed E-state index contributed by atoms with van der Waals surface area (Å²) in [5.41, 5.74) is 4.80. The minimum atomic E-state index is 0.480. The molecule has 1 aliphatic carbocycles. The number of hydrogen-bond donors (Lipinski definition) is 0. The summed E-state index contributed by atoms with van der Waals surface area (Å²) in [4.78, 5) is 9.73. The van der Waals surface area contributed by atoms with Gasteiger partial charge in [0.2, 0.25) is 0 Å². The van der Waals surface area contributed by atoms with Crippen LogP contribution < -0.4 is 9.80 Å². The number of anilines is 2. The van der Waals surface area contributed by atoms with Crippen molar-refractivity contribution < 1.29 is 4.74 Å². The maximum Gasteiger partial charge on any atom is 0.0746 e. The summed E-state index contributed by atoms with van der Waals surface area (Å²) in [7, 11) is 4.00. The second-order valence-electron chi connectivity index (χ2n) is 7.27. The number of methoxy groups -OCH3 is 1. The number of hydrogen-bond acceptors (Lipinski definition) is 4. The van der Waals surface area contributed by atoms with Gasteiger partial charge in [0, 0.05) is 49.2 Å². The smallest absolute Gasteiger partial charge is 0.0746 e. The van der Waals surface area contributed by atoms with Crippen LogP contribution in [0.1, 0.15) is 31.4 Å². The lowest BCUT2D eigenvalue weighted by Crippen LogP contribution is -2.33. The minimum Gasteiger partial charge on any atom is -0.383 e. The number of aryl methyl sites for hydroxylation is 1. The Hall–Kier alpha value is -1.81. The zero-order valence-corrected chi connectivity index (χ0v) is 15.0. The molecule has 1 atom stereocenters. The van der Waals surface area contributed by atoms with Gasteiger partial charge in [0.25, 0.3) is 0 Å². The van der Waals surface area contributed by atoms with Gasteiger partial charge in [0.05, 0.1) is 18.2 Å². The minimum absolute atomic E-state index is 0.480. The van der Waals surface area contributed by atoms with Gasteiger partial charge in [-0.3, -0.25) is 4.98 Å². The molecule has 2 heterocycles. The zero-order valence-electron chi connectivity index (χ0n) is 15.0. The summed E-state index contributed by atoms with van der Waals surface area (Å²) < 4.78 is 5.44. The molecular formula is C20H27N3O. The molecule has 4 rings (SSSR count). The quantitative estimate of drug-likeness (QED) is 0.837. The highest BCUT2D eigenvalue weighted by atomic mass is 16.5. The topological polar surface area (TPSA) is 28.6 Å². The Morgan fingerprint density at radius 1 is 1.25 bits per heavy atom. The van der Waals surface area contributed by atoms with E-state index in [9.17, 15) is 0 Å². The number of pyridine rings is 1. The zero-order chi connectivity index (χ0) is 16.7. The first-order chi connectivity index (χ1) is 11.7. The first-order valence-electron chi connectivity index (χ1n) is 9.07. The lowest BCUT2D eigenvalue weighted by atomic mass is 10.1. The van der Waals surface area contributed by atoms with Crippen LogP contribution in [0.15, 0.2) is 24.3 Å². The van der Waals surface area contributed by atoms with Gasteiger partial charge in [0.1, 0.15) is 0 Å². The fraction of sp³-hybridized carbons (Fsp3) is 0.550. The molecule has 0 bridgehead atoms. The molecule has 4 heteroatoms. The van der Waals surface area contributed by atoms with Crippen LogP contribution in [0.5, 0.6) is 0 Å². The lowest BCUT2D eigenvalue weighted by molar-refractivity contribution is 0.181. The van der Waals surface area contributed by atoms with E-state index in [1.54, 1.807) is 7.11 Å². The first kappa shape index (κ1) is 15.7. The van der Waals surface area contributed by atoms with Crippen molar-refractivity contribution in [3.63, 3.8) is 0 Å². The molecule has 1 saturated heterocycles. The molecule has 1 aromatic heterocycles. The predicted octanol–water partition coefficient (Wildman–Crippen LogP) is 3.76. The molecule has 0 radical (unpaired) electrons. The third-order valence-corrected chi connectivity index (χ3v) is 5.45. The van der Waals surface area contributed by atoms with E-state index in [0.29, 0.717) is 6.04 Å². The summed E-state index contributed by atoms with van der Waals surface area (Å²) in [6.07, 6.45) is 5.07. The molecule has 2 aromatic rings. The normalized spacial score (nSPS) is 20.8. The Balaban J connectivity index is 1.75. The van der Waals surface area contributed by atoms with Crippen LogP contribution in [0, 0.1) is 6.92 Å². The average molecular weight is 325 g/mol. The van der Waals surface area contributed by atoms with Crippen molar-refractivity contribution in [1.29, 1.82) is 0 Å². The Morgan fingerprint density at radius 2 is 2.08 bits per heavy atom. The fourth-order valence-corrected chi connectivity index (χ4v) is 3.98. The van der Waals surface area contributed by atoms with E-state index in [-0.39, 0.29) is 0 Å². The average Bonchev–Trinajstić information content (AvgIpc) is 3.33. The van der Waals surface area contributed by atoms with Crippen molar-refractivity contribution in [2.75, 3.05) is 37.1 Å². The van der Waals surface area contributed by atoms with Gasteiger partial charge in [-0.2, -0.15) is 0 Å². The second-order valence-corrected chi connectivity index (χ2v) is 7.27. The Bertz CT molecular complexity index is 741. The largest absolute Gasteiger partial charge is 0.383 e. The second kappa shape index (κ2) is 6.25. The molecule has 0 N–H and O–H groups in total. The number of aromatic nitrogens is 1. The summed E-state index contributed by atoms with van der Waals surface area (Å²) in [6, 6.07) is 10.2. The molecule has 1 aromatic carbocycles. The molecule has 0 unspecified atom stereocenters. The van der Waals surface area contributed by atoms with Crippen LogP contribution in [0.25, 0.3) is 10.9 Å². The van der Waals surface area contributed by atoms with E-state index in [4.69, 9.17) is 9.72 Å². The van der Waals surface area contributed by atoms with Crippen molar-refractivity contribution in [2.24, 2.45) is 0 Å². The number of ether oxygens (including phenoxy) is 1. The molecule has 4 nitrogen and oxygen atoms in total. The Morgan fingerprint density at radius 3 is 2.83 bits per heavy atom. The van der Waals surface area contributed by atoms with Gasteiger partial charge in [0.15, 0.2) is 0 Å². The third kappa shape index (κ3) is 2.84. The molecule has 0 amide bonds. The third-order valence-electron chi connectivity index (χ3n) is 5.45. The van der Waals surface area contributed by atoms with Gasteiger partial charge >= 0.3 is 0 Å². The maximum absolute atomic E-state index is 5.44. The molecule has 2 aliphatic rings. The van der Waals surface area contributed by atoms with Gasteiger partial charge < -0.3 is 14.5 Å². The molecule has 2 fully saturated rings. The van der Waals surface area contributed by atoms with E-state index in [2.05, 4.69) is 48.0 Å². The fourth-order valence-electron chi connectivity index (χ4n) is 3.98. The van der Waals surface area contributed by atoms with E-state index >= 15 is 0 Å². The lowest BCUT2D eigenvalue weighted by Gasteiger charge is -2.28. The van der Waals surface area contributed by atoms with Crippen molar-refractivity contribution >= 4 is 22.3 Å². The van der Waals surface area contributed by atoms with E-state index < -0.39 is 0 Å². The van der Waals surface area contributed by atoms with Gasteiger partial charge in [-0.25, -0.2) is 0 Å². The van der Waals surface area contributed by atoms with Crippen LogP contribution in [0.4, 0.5) is 11.4 Å². The van der Waals surface area contributed by atoms with Crippen LogP contribution in [-0.2, 0) is 4.74 Å². The van der Waals surface area contributed by atoms with E-state index in [1.165, 1.54) is 42.4 Å². The first-order valence-corrected chi connectivity index (χ1v) is 9.07. The summed E-state index contributed by atoms with van der Waals surface area (Å²) in [6.45, 7) is 4.00. The number of fused-ring (bicyclic) bond motifs is 1. The van der Waals surface area contributed by atoms with Crippen molar-refractivity contribution in [2.45, 2.75) is 44.7 Å². The highest BCUT2D eigenvalue weighted by Crippen LogP contribution is 2.36. The number of benzene rings is 1. The van der Waals surface area contributed by atoms with Gasteiger partial charge in [-0.15, -0.1) is 0 Å². The number of rotatable bonds is 5. The van der Waals surface area contributed by atoms with Crippen LogP contribution in [0.2, 0.25) is 0 Å². The molecule has 1 saturated carbocycles. The van der Waals surface area contributed by atoms with Crippen molar-refractivity contribution in [3.05, 3.63) is 30.0 Å². The molecular weight excluding hydrogens is 298 g/mol. The van der Waals surface area contributed by atoms with Crippen LogP contribution in [0.3, 0.4) is 0 Å². The Kier molecular flexibility index (Phi) is 4.09. The van der Waals surface area contributed by atoms with Gasteiger partial charge in [-0.1, -0.05) is 0 Å². The molecule has 128 valence electrons. The SMILES string of the molecule is COC[C@@H]1CCCN1c1cc(C)nc2cc(N(C)C3CC3)ccc12. The number of nitrogens with zero attached hydrogens (tertiary/aromatic N) is 3. The van der Waals surface area contributed by atoms with Crippen LogP contribution in [-0.4, -0.2) is 44.4 Å². The summed E-state index contributed by atoms with van der Waals surface area (Å²) in [5, 5.41) is 1.26. The monoisotopic (exact) mass is 325 g/mol. The van der Waals surface area contributed by atoms with E-state index in [0.717, 1.165) is 30.4 Å². The highest BCUT2D eigenvalue weighted by molar-refractivity contribution is 5.94. The summed E-state index contributed by atoms with van der Waals surface area (Å²) >= 11 is 0. The standard InChI is InChI=1S/C20H27N3O/c1-14-11-20(23-10-4-5-17(23)13-24-3)18-9-8-16(12-19(18)21-14)22(2)15-6-7-15/h8-9,11-12,15,17H,4-7,10,13H2,1-3H3/t17-/m0/s1. The van der Waals surface area contributed by atoms with Crippen LogP contribution >= 0.6 is 0 Å². The van der Waals surface area contributed by atoms with Gasteiger partial charge in [-0.05, 0) is 56.9 Å². The molecule has 24 heavy (non-hydrogen) atoms. The summed E-state index contributed by atoms with van der Waals surface area (Å²) in [5.74, 6) is 0. The Labute approximate surface area is 144 Å².